The predicted molar refractivity (Wildman–Crippen MR) is 76.2 cm³/mol. The quantitative estimate of drug-likeness (QED) is 0.910. The van der Waals surface area contributed by atoms with E-state index >= 15 is 0 Å². The fraction of sp³-hybridized carbons (Fsp3) is 0.500. The molecule has 1 aromatic heterocycles. The standard InChI is InChI=1S/C16H21NO2/c1-17-15(16(18-2)9-5-6-10-16)14-11-12-7-3-4-8-13(12)19-14/h3-4,7-8,11,15,17H,5-6,9-10H2,1-2H3. The summed E-state index contributed by atoms with van der Waals surface area (Å²) in [5, 5.41) is 4.55. The van der Waals surface area contributed by atoms with Crippen LogP contribution in [0.15, 0.2) is 34.7 Å². The van der Waals surface area contributed by atoms with Crippen LogP contribution in [0.4, 0.5) is 0 Å². The number of benzene rings is 1. The normalized spacial score (nSPS) is 19.9. The van der Waals surface area contributed by atoms with Gasteiger partial charge in [-0.3, -0.25) is 0 Å². The number of para-hydroxylation sites is 1. The minimum atomic E-state index is -0.122. The summed E-state index contributed by atoms with van der Waals surface area (Å²) < 4.78 is 11.9. The molecule has 1 saturated carbocycles. The average Bonchev–Trinajstić information content (AvgIpc) is 3.06. The maximum atomic E-state index is 6.02. The van der Waals surface area contributed by atoms with Crippen LogP contribution in [0, 0.1) is 0 Å². The molecule has 0 amide bonds. The second-order valence-corrected chi connectivity index (χ2v) is 5.38. The van der Waals surface area contributed by atoms with E-state index in [2.05, 4.69) is 17.4 Å². The van der Waals surface area contributed by atoms with Gasteiger partial charge >= 0.3 is 0 Å². The third kappa shape index (κ3) is 2.07. The largest absolute Gasteiger partial charge is 0.459 e. The first-order valence-corrected chi connectivity index (χ1v) is 7.00. The lowest BCUT2D eigenvalue weighted by molar-refractivity contribution is -0.0397. The Morgan fingerprint density at radius 3 is 2.63 bits per heavy atom. The van der Waals surface area contributed by atoms with Crippen molar-refractivity contribution >= 4 is 11.0 Å². The van der Waals surface area contributed by atoms with Crippen molar-refractivity contribution in [3.63, 3.8) is 0 Å². The van der Waals surface area contributed by atoms with Crippen LogP contribution in [0.2, 0.25) is 0 Å². The van der Waals surface area contributed by atoms with Crippen molar-refractivity contribution < 1.29 is 9.15 Å². The van der Waals surface area contributed by atoms with Crippen molar-refractivity contribution in [1.29, 1.82) is 0 Å². The molecule has 0 saturated heterocycles. The highest BCUT2D eigenvalue weighted by Gasteiger charge is 2.43. The van der Waals surface area contributed by atoms with Gasteiger partial charge < -0.3 is 14.5 Å². The Bertz CT molecular complexity index is 522. The molecule has 1 N–H and O–H groups in total. The van der Waals surface area contributed by atoms with E-state index in [1.165, 1.54) is 12.8 Å². The third-order valence-corrected chi connectivity index (χ3v) is 4.40. The van der Waals surface area contributed by atoms with Gasteiger partial charge in [0.25, 0.3) is 0 Å². The molecule has 1 heterocycles. The van der Waals surface area contributed by atoms with Crippen LogP contribution in [-0.4, -0.2) is 19.8 Å². The molecule has 0 spiro atoms. The first kappa shape index (κ1) is 12.7. The molecule has 1 aliphatic carbocycles. The molecule has 0 bridgehead atoms. The van der Waals surface area contributed by atoms with Gasteiger partial charge in [-0.15, -0.1) is 0 Å². The van der Waals surface area contributed by atoms with Gasteiger partial charge in [0, 0.05) is 12.5 Å². The molecule has 0 radical (unpaired) electrons. The van der Waals surface area contributed by atoms with Gasteiger partial charge in [0.2, 0.25) is 0 Å². The van der Waals surface area contributed by atoms with Gasteiger partial charge in [0.1, 0.15) is 11.3 Å². The highest BCUT2D eigenvalue weighted by molar-refractivity contribution is 5.77. The summed E-state index contributed by atoms with van der Waals surface area (Å²) >= 11 is 0. The van der Waals surface area contributed by atoms with E-state index < -0.39 is 0 Å². The Kier molecular flexibility index (Phi) is 3.33. The molecule has 3 nitrogen and oxygen atoms in total. The second-order valence-electron chi connectivity index (χ2n) is 5.38. The number of rotatable bonds is 4. The molecule has 0 aliphatic heterocycles. The van der Waals surface area contributed by atoms with Crippen molar-refractivity contribution in [2.24, 2.45) is 0 Å². The monoisotopic (exact) mass is 259 g/mol. The summed E-state index contributed by atoms with van der Waals surface area (Å²) in [5.41, 5.74) is 0.824. The Morgan fingerprint density at radius 2 is 2.00 bits per heavy atom. The zero-order valence-electron chi connectivity index (χ0n) is 11.6. The van der Waals surface area contributed by atoms with Crippen LogP contribution in [0.5, 0.6) is 0 Å². The molecule has 1 atom stereocenters. The maximum absolute atomic E-state index is 6.02. The van der Waals surface area contributed by atoms with E-state index in [4.69, 9.17) is 9.15 Å². The number of hydrogen-bond acceptors (Lipinski definition) is 3. The van der Waals surface area contributed by atoms with Crippen molar-refractivity contribution in [3.8, 4) is 0 Å². The molecule has 1 aliphatic rings. The highest BCUT2D eigenvalue weighted by Crippen LogP contribution is 2.43. The fourth-order valence-corrected chi connectivity index (χ4v) is 3.39. The molecule has 3 rings (SSSR count). The zero-order chi connectivity index (χ0) is 13.3. The van der Waals surface area contributed by atoms with E-state index in [9.17, 15) is 0 Å². The van der Waals surface area contributed by atoms with Gasteiger partial charge in [-0.25, -0.2) is 0 Å². The fourth-order valence-electron chi connectivity index (χ4n) is 3.39. The van der Waals surface area contributed by atoms with Crippen molar-refractivity contribution in [2.75, 3.05) is 14.2 Å². The highest BCUT2D eigenvalue weighted by atomic mass is 16.5. The SMILES string of the molecule is CNC(c1cc2ccccc2o1)C1(OC)CCCC1. The molecule has 1 aromatic carbocycles. The molecule has 102 valence electrons. The lowest BCUT2D eigenvalue weighted by Gasteiger charge is -2.34. The molecule has 1 unspecified atom stereocenters. The molecule has 19 heavy (non-hydrogen) atoms. The lowest BCUT2D eigenvalue weighted by Crippen LogP contribution is -2.42. The molecular formula is C16H21NO2. The number of ether oxygens (including phenoxy) is 1. The van der Waals surface area contributed by atoms with Gasteiger partial charge in [-0.1, -0.05) is 31.0 Å². The molecule has 1 fully saturated rings. The molecule has 3 heteroatoms. The Labute approximate surface area is 113 Å². The van der Waals surface area contributed by atoms with E-state index in [0.29, 0.717) is 0 Å². The predicted octanol–water partition coefficient (Wildman–Crippen LogP) is 3.65. The third-order valence-electron chi connectivity index (χ3n) is 4.40. The van der Waals surface area contributed by atoms with Crippen LogP contribution < -0.4 is 5.32 Å². The summed E-state index contributed by atoms with van der Waals surface area (Å²) in [7, 11) is 3.80. The molecular weight excluding hydrogens is 238 g/mol. The number of hydrogen-bond donors (Lipinski definition) is 1. The van der Waals surface area contributed by atoms with Gasteiger partial charge in [-0.2, -0.15) is 0 Å². The number of fused-ring (bicyclic) bond motifs is 1. The maximum Gasteiger partial charge on any atom is 0.134 e. The number of furan rings is 1. The minimum absolute atomic E-state index is 0.118. The summed E-state index contributed by atoms with van der Waals surface area (Å²) in [6, 6.07) is 10.4. The van der Waals surface area contributed by atoms with E-state index in [1.54, 1.807) is 0 Å². The van der Waals surface area contributed by atoms with E-state index in [1.807, 2.05) is 32.4 Å². The average molecular weight is 259 g/mol. The van der Waals surface area contributed by atoms with E-state index in [-0.39, 0.29) is 11.6 Å². The van der Waals surface area contributed by atoms with Crippen molar-refractivity contribution in [1.82, 2.24) is 5.32 Å². The number of nitrogens with one attached hydrogen (secondary N) is 1. The van der Waals surface area contributed by atoms with Crippen LogP contribution in [-0.2, 0) is 4.74 Å². The first-order chi connectivity index (χ1) is 9.29. The Morgan fingerprint density at radius 1 is 1.26 bits per heavy atom. The van der Waals surface area contributed by atoms with Crippen LogP contribution in [0.1, 0.15) is 37.5 Å². The minimum Gasteiger partial charge on any atom is -0.459 e. The number of likely N-dealkylation sites (N-methyl/N-ethyl adjacent to an activating group) is 1. The molecule has 2 aromatic rings. The topological polar surface area (TPSA) is 34.4 Å². The van der Waals surface area contributed by atoms with Crippen molar-refractivity contribution in [2.45, 2.75) is 37.3 Å². The zero-order valence-corrected chi connectivity index (χ0v) is 11.6. The number of methoxy groups -OCH3 is 1. The van der Waals surface area contributed by atoms with Crippen molar-refractivity contribution in [3.05, 3.63) is 36.1 Å². The smallest absolute Gasteiger partial charge is 0.134 e. The van der Waals surface area contributed by atoms with E-state index in [0.717, 1.165) is 29.6 Å². The second kappa shape index (κ2) is 4.99. The van der Waals surface area contributed by atoms with Gasteiger partial charge in [0.05, 0.1) is 11.6 Å². The summed E-state index contributed by atoms with van der Waals surface area (Å²) in [6.07, 6.45) is 4.64. The first-order valence-electron chi connectivity index (χ1n) is 7.00. The summed E-state index contributed by atoms with van der Waals surface area (Å²) in [4.78, 5) is 0. The Hall–Kier alpha value is -1.32. The van der Waals surface area contributed by atoms with Gasteiger partial charge in [0.15, 0.2) is 0 Å². The van der Waals surface area contributed by atoms with Crippen LogP contribution >= 0.6 is 0 Å². The lowest BCUT2D eigenvalue weighted by atomic mass is 9.90. The van der Waals surface area contributed by atoms with Crippen LogP contribution in [0.25, 0.3) is 11.0 Å². The Balaban J connectivity index is 2.01. The van der Waals surface area contributed by atoms with Crippen LogP contribution in [0.3, 0.4) is 0 Å². The summed E-state index contributed by atoms with van der Waals surface area (Å²) in [6.45, 7) is 0. The van der Waals surface area contributed by atoms with Gasteiger partial charge in [-0.05, 0) is 32.0 Å². The summed E-state index contributed by atoms with van der Waals surface area (Å²) in [5.74, 6) is 0.979.